The van der Waals surface area contributed by atoms with Crippen LogP contribution in [0.1, 0.15) is 328 Å². The van der Waals surface area contributed by atoms with E-state index in [0.717, 1.165) is 57.8 Å². The van der Waals surface area contributed by atoms with Gasteiger partial charge in [0.05, 0.1) is 25.4 Å². The van der Waals surface area contributed by atoms with Crippen LogP contribution in [0, 0.1) is 0 Å². The second-order valence-electron chi connectivity index (χ2n) is 20.3. The lowest BCUT2D eigenvalue weighted by molar-refractivity contribution is -0.143. The van der Waals surface area contributed by atoms with Gasteiger partial charge in [-0.2, -0.15) is 0 Å². The van der Waals surface area contributed by atoms with Gasteiger partial charge in [-0.25, -0.2) is 0 Å². The van der Waals surface area contributed by atoms with Gasteiger partial charge in [0.2, 0.25) is 5.91 Å². The van der Waals surface area contributed by atoms with Crippen molar-refractivity contribution < 1.29 is 24.5 Å². The number of hydrogen-bond acceptors (Lipinski definition) is 5. The van der Waals surface area contributed by atoms with Crippen molar-refractivity contribution in [2.75, 3.05) is 13.2 Å². The number of unbranched alkanes of at least 4 members (excludes halogenated alkanes) is 42. The van der Waals surface area contributed by atoms with Crippen molar-refractivity contribution in [3.63, 3.8) is 0 Å². The molecular formula is C59H115NO5. The molecule has 2 atom stereocenters. The fourth-order valence-electron chi connectivity index (χ4n) is 9.28. The third kappa shape index (κ3) is 51.8. The number of aliphatic hydroxyl groups excluding tert-OH is 2. The highest BCUT2D eigenvalue weighted by molar-refractivity contribution is 5.76. The van der Waals surface area contributed by atoms with E-state index >= 15 is 0 Å². The quantitative estimate of drug-likeness (QED) is 0.0321. The van der Waals surface area contributed by atoms with Crippen LogP contribution in [-0.4, -0.2) is 47.4 Å². The Morgan fingerprint density at radius 1 is 0.415 bits per heavy atom. The average Bonchev–Trinajstić information content (AvgIpc) is 3.31. The van der Waals surface area contributed by atoms with Crippen molar-refractivity contribution in [2.45, 2.75) is 341 Å². The second-order valence-corrected chi connectivity index (χ2v) is 20.3. The molecular weight excluding hydrogens is 803 g/mol. The highest BCUT2D eigenvalue weighted by Gasteiger charge is 2.20. The van der Waals surface area contributed by atoms with E-state index < -0.39 is 12.1 Å². The monoisotopic (exact) mass is 918 g/mol. The molecule has 0 aliphatic carbocycles. The van der Waals surface area contributed by atoms with E-state index in [2.05, 4.69) is 31.3 Å². The molecule has 0 heterocycles. The predicted octanol–water partition coefficient (Wildman–Crippen LogP) is 18.1. The van der Waals surface area contributed by atoms with E-state index in [1.54, 1.807) is 0 Å². The minimum atomic E-state index is -0.677. The van der Waals surface area contributed by atoms with Crippen LogP contribution in [0.3, 0.4) is 0 Å². The predicted molar refractivity (Wildman–Crippen MR) is 283 cm³/mol. The van der Waals surface area contributed by atoms with Crippen LogP contribution in [0.2, 0.25) is 0 Å². The topological polar surface area (TPSA) is 95.9 Å². The van der Waals surface area contributed by atoms with Crippen LogP contribution in [-0.2, 0) is 14.3 Å². The van der Waals surface area contributed by atoms with Crippen molar-refractivity contribution in [1.82, 2.24) is 5.32 Å². The second kappa shape index (κ2) is 55.2. The first-order valence-electron chi connectivity index (χ1n) is 29.4. The largest absolute Gasteiger partial charge is 0.466 e. The number of nitrogens with one attached hydrogen (secondary N) is 1. The maximum absolute atomic E-state index is 12.5. The Morgan fingerprint density at radius 2 is 0.723 bits per heavy atom. The summed E-state index contributed by atoms with van der Waals surface area (Å²) in [6, 6.07) is -0.556. The van der Waals surface area contributed by atoms with Crippen molar-refractivity contribution in [1.29, 1.82) is 0 Å². The lowest BCUT2D eigenvalue weighted by Gasteiger charge is -2.22. The van der Waals surface area contributed by atoms with E-state index in [9.17, 15) is 19.8 Å². The van der Waals surface area contributed by atoms with Gasteiger partial charge < -0.3 is 20.3 Å². The molecule has 0 aliphatic heterocycles. The maximum Gasteiger partial charge on any atom is 0.305 e. The Balaban J connectivity index is 3.45. The Bertz CT molecular complexity index is 970. The number of carbonyl (C=O) groups excluding carboxylic acids is 2. The van der Waals surface area contributed by atoms with E-state index in [1.807, 2.05) is 0 Å². The fourth-order valence-corrected chi connectivity index (χ4v) is 9.28. The van der Waals surface area contributed by atoms with Crippen LogP contribution in [0.15, 0.2) is 12.2 Å². The van der Waals surface area contributed by atoms with E-state index in [-0.39, 0.29) is 18.5 Å². The molecule has 0 fully saturated rings. The molecule has 0 aromatic rings. The summed E-state index contributed by atoms with van der Waals surface area (Å²) in [4.78, 5) is 24.5. The summed E-state index contributed by atoms with van der Waals surface area (Å²) >= 11 is 0. The molecule has 0 radical (unpaired) electrons. The maximum atomic E-state index is 12.5. The van der Waals surface area contributed by atoms with Crippen LogP contribution in [0.25, 0.3) is 0 Å². The molecule has 0 aromatic carbocycles. The highest BCUT2D eigenvalue weighted by atomic mass is 16.5. The molecule has 6 nitrogen and oxygen atoms in total. The van der Waals surface area contributed by atoms with Gasteiger partial charge in [-0.15, -0.1) is 0 Å². The number of allylic oxidation sites excluding steroid dienone is 2. The molecule has 386 valence electrons. The van der Waals surface area contributed by atoms with E-state index in [0.29, 0.717) is 25.9 Å². The number of aliphatic hydroxyl groups is 2. The normalized spacial score (nSPS) is 12.6. The van der Waals surface area contributed by atoms with E-state index in [4.69, 9.17) is 4.74 Å². The molecule has 6 heteroatoms. The van der Waals surface area contributed by atoms with Gasteiger partial charge in [0.15, 0.2) is 0 Å². The molecule has 0 saturated heterocycles. The van der Waals surface area contributed by atoms with Gasteiger partial charge in [0.25, 0.3) is 0 Å². The summed E-state index contributed by atoms with van der Waals surface area (Å²) in [5.74, 6) is -0.0721. The number of amides is 1. The van der Waals surface area contributed by atoms with Gasteiger partial charge in [0.1, 0.15) is 0 Å². The third-order valence-corrected chi connectivity index (χ3v) is 13.8. The zero-order chi connectivity index (χ0) is 47.2. The summed E-state index contributed by atoms with van der Waals surface area (Å²) in [6.07, 6.45) is 64.9. The van der Waals surface area contributed by atoms with Crippen LogP contribution in [0.5, 0.6) is 0 Å². The standard InChI is InChI=1S/C59H115NO5/c1-3-5-7-9-11-13-15-17-18-19-20-21-22-23-24-25-26-27-29-31-35-39-43-47-51-57(62)56(55-61)60-58(63)52-48-44-40-36-32-30-34-38-42-46-50-54-65-59(64)53-49-45-41-37-33-28-16-14-12-10-8-6-4-2/h14,16,56-57,61-62H,3-13,15,17-55H2,1-2H3,(H,60,63)/b16-14-. The van der Waals surface area contributed by atoms with E-state index in [1.165, 1.54) is 238 Å². The van der Waals surface area contributed by atoms with Crippen LogP contribution >= 0.6 is 0 Å². The van der Waals surface area contributed by atoms with Crippen molar-refractivity contribution in [3.8, 4) is 0 Å². The number of esters is 1. The minimum absolute atomic E-state index is 0.0216. The van der Waals surface area contributed by atoms with Gasteiger partial charge >= 0.3 is 5.97 Å². The first-order valence-corrected chi connectivity index (χ1v) is 29.4. The van der Waals surface area contributed by atoms with Crippen molar-refractivity contribution in [3.05, 3.63) is 12.2 Å². The van der Waals surface area contributed by atoms with Crippen LogP contribution < -0.4 is 5.32 Å². The van der Waals surface area contributed by atoms with Crippen LogP contribution in [0.4, 0.5) is 0 Å². The number of hydrogen-bond donors (Lipinski definition) is 3. The van der Waals surface area contributed by atoms with Gasteiger partial charge in [-0.05, 0) is 51.4 Å². The number of ether oxygens (including phenoxy) is 1. The minimum Gasteiger partial charge on any atom is -0.466 e. The zero-order valence-electron chi connectivity index (χ0n) is 44.0. The molecule has 0 spiro atoms. The lowest BCUT2D eigenvalue weighted by atomic mass is 10.0. The Labute approximate surface area is 406 Å². The summed E-state index contributed by atoms with van der Waals surface area (Å²) in [5, 5.41) is 23.3. The smallest absolute Gasteiger partial charge is 0.305 e. The van der Waals surface area contributed by atoms with Gasteiger partial charge in [0, 0.05) is 12.8 Å². The Morgan fingerprint density at radius 3 is 1.11 bits per heavy atom. The molecule has 0 aromatic heterocycles. The van der Waals surface area contributed by atoms with Gasteiger partial charge in [-0.3, -0.25) is 9.59 Å². The molecule has 0 aliphatic rings. The highest BCUT2D eigenvalue weighted by Crippen LogP contribution is 2.18. The lowest BCUT2D eigenvalue weighted by Crippen LogP contribution is -2.45. The SMILES string of the molecule is CCCCCC/C=C\CCCCCCCC(=O)OCCCCCCCCCCCCCC(=O)NC(CO)C(O)CCCCCCCCCCCCCCCCCCCCCCCCCC. The molecule has 3 N–H and O–H groups in total. The Kier molecular flexibility index (Phi) is 54.0. The van der Waals surface area contributed by atoms with Crippen molar-refractivity contribution >= 4 is 11.9 Å². The number of carbonyl (C=O) groups is 2. The summed E-state index contributed by atoms with van der Waals surface area (Å²) in [5.41, 5.74) is 0. The van der Waals surface area contributed by atoms with Crippen molar-refractivity contribution in [2.24, 2.45) is 0 Å². The molecule has 0 rings (SSSR count). The zero-order valence-corrected chi connectivity index (χ0v) is 44.0. The molecule has 2 unspecified atom stereocenters. The summed E-state index contributed by atoms with van der Waals surface area (Å²) < 4.78 is 5.45. The summed E-state index contributed by atoms with van der Waals surface area (Å²) in [7, 11) is 0. The molecule has 0 bridgehead atoms. The molecule has 65 heavy (non-hydrogen) atoms. The average molecular weight is 919 g/mol. The van der Waals surface area contributed by atoms with Gasteiger partial charge in [-0.1, -0.05) is 276 Å². The number of rotatable bonds is 55. The first kappa shape index (κ1) is 63.6. The molecule has 1 amide bonds. The summed E-state index contributed by atoms with van der Waals surface area (Å²) in [6.45, 7) is 4.92. The third-order valence-electron chi connectivity index (χ3n) is 13.8. The first-order chi connectivity index (χ1) is 32.0. The Hall–Kier alpha value is -1.40. The molecule has 0 saturated carbocycles. The fraction of sp³-hybridized carbons (Fsp3) is 0.932.